The van der Waals surface area contributed by atoms with Gasteiger partial charge in [-0.1, -0.05) is 0 Å². The molecule has 32 heavy (non-hydrogen) atoms. The Bertz CT molecular complexity index is 1270. The molecule has 3 aromatic rings. The van der Waals surface area contributed by atoms with Crippen molar-refractivity contribution in [1.29, 1.82) is 0 Å². The smallest absolute Gasteiger partial charge is 0.337 e. The quantitative estimate of drug-likeness (QED) is 0.589. The molecule has 170 valence electrons. The van der Waals surface area contributed by atoms with Crippen LogP contribution in [0.15, 0.2) is 33.9 Å². The number of carbonyl (C=O) groups excluding carboxylic acids is 1. The molecule has 1 amide bonds. The lowest BCUT2D eigenvalue weighted by molar-refractivity contribution is -0.135. The monoisotopic (exact) mass is 455 g/mol. The molecule has 1 aliphatic rings. The molecule has 2 aromatic heterocycles. The number of carbonyl (C=O) groups is 1. The number of hydrogen-bond acceptors (Lipinski definition) is 5. The first-order valence-corrected chi connectivity index (χ1v) is 11.9. The van der Waals surface area contributed by atoms with Crippen LogP contribution < -0.4 is 16.0 Å². The first kappa shape index (κ1) is 22.3. The second-order valence-corrected chi connectivity index (χ2v) is 9.53. The van der Waals surface area contributed by atoms with Crippen LogP contribution in [0.1, 0.15) is 43.6 Å². The predicted octanol–water partition coefficient (Wildman–Crippen LogP) is 3.63. The van der Waals surface area contributed by atoms with Crippen LogP contribution in [0.3, 0.4) is 0 Å². The van der Waals surface area contributed by atoms with Crippen LogP contribution in [-0.4, -0.2) is 39.1 Å². The van der Waals surface area contributed by atoms with E-state index >= 15 is 0 Å². The van der Waals surface area contributed by atoms with E-state index in [1.807, 2.05) is 25.7 Å². The number of benzene rings is 1. The summed E-state index contributed by atoms with van der Waals surface area (Å²) < 4.78 is 8.13. The second-order valence-electron chi connectivity index (χ2n) is 8.33. The fourth-order valence-electron chi connectivity index (χ4n) is 4.38. The molecule has 0 aliphatic carbocycles. The highest BCUT2D eigenvalue weighted by molar-refractivity contribution is 7.18. The van der Waals surface area contributed by atoms with Crippen LogP contribution >= 0.6 is 11.3 Å². The SMILES string of the molecule is CCOc1ccc(-n2c(=O)c3c(C)c(C)sc3n(CC(=O)N3CCCC[C@@H]3C)c2=O)cc1. The Morgan fingerprint density at radius 3 is 2.53 bits per heavy atom. The second kappa shape index (κ2) is 8.94. The number of amides is 1. The molecule has 0 bridgehead atoms. The van der Waals surface area contributed by atoms with Crippen LogP contribution in [0.25, 0.3) is 15.9 Å². The number of aromatic nitrogens is 2. The van der Waals surface area contributed by atoms with Crippen molar-refractivity contribution in [1.82, 2.24) is 14.0 Å². The highest BCUT2D eigenvalue weighted by atomic mass is 32.1. The average Bonchev–Trinajstić information content (AvgIpc) is 3.07. The molecule has 4 rings (SSSR count). The molecule has 1 saturated heterocycles. The third kappa shape index (κ3) is 3.88. The van der Waals surface area contributed by atoms with Gasteiger partial charge < -0.3 is 9.64 Å². The van der Waals surface area contributed by atoms with E-state index in [4.69, 9.17) is 4.74 Å². The first-order chi connectivity index (χ1) is 15.3. The van der Waals surface area contributed by atoms with Crippen molar-refractivity contribution in [2.24, 2.45) is 0 Å². The highest BCUT2D eigenvalue weighted by Crippen LogP contribution is 2.27. The van der Waals surface area contributed by atoms with Crippen LogP contribution in [0.4, 0.5) is 0 Å². The van der Waals surface area contributed by atoms with Crippen molar-refractivity contribution in [2.75, 3.05) is 13.2 Å². The van der Waals surface area contributed by atoms with Crippen LogP contribution in [-0.2, 0) is 11.3 Å². The number of rotatable bonds is 5. The molecule has 1 fully saturated rings. The summed E-state index contributed by atoms with van der Waals surface area (Å²) in [5.41, 5.74) is 0.459. The zero-order valence-corrected chi connectivity index (χ0v) is 19.8. The molecule has 7 nitrogen and oxygen atoms in total. The van der Waals surface area contributed by atoms with Crippen molar-refractivity contribution < 1.29 is 9.53 Å². The standard InChI is InChI=1S/C24H29N3O4S/c1-5-31-19-11-9-18(10-12-19)27-22(29)21-16(3)17(4)32-23(21)26(24(27)30)14-20(28)25-13-7-6-8-15(25)2/h9-12,15H,5-8,13-14H2,1-4H3/t15-/m0/s1. The summed E-state index contributed by atoms with van der Waals surface area (Å²) in [6, 6.07) is 7.04. The van der Waals surface area contributed by atoms with E-state index in [0.717, 1.165) is 29.7 Å². The number of nitrogens with zero attached hydrogens (tertiary/aromatic N) is 3. The fraction of sp³-hybridized carbons (Fsp3) is 0.458. The maximum atomic E-state index is 13.6. The van der Waals surface area contributed by atoms with E-state index in [2.05, 4.69) is 6.92 Å². The van der Waals surface area contributed by atoms with Crippen LogP contribution in [0.5, 0.6) is 5.75 Å². The Hall–Kier alpha value is -2.87. The van der Waals surface area contributed by atoms with E-state index in [9.17, 15) is 14.4 Å². The minimum absolute atomic E-state index is 0.0730. The summed E-state index contributed by atoms with van der Waals surface area (Å²) in [5.74, 6) is 0.587. The van der Waals surface area contributed by atoms with E-state index < -0.39 is 5.69 Å². The lowest BCUT2D eigenvalue weighted by Crippen LogP contribution is -2.46. The van der Waals surface area contributed by atoms with Gasteiger partial charge in [-0.3, -0.25) is 14.2 Å². The average molecular weight is 456 g/mol. The maximum absolute atomic E-state index is 13.6. The lowest BCUT2D eigenvalue weighted by atomic mass is 10.0. The van der Waals surface area contributed by atoms with Gasteiger partial charge in [0.15, 0.2) is 0 Å². The molecule has 8 heteroatoms. The summed E-state index contributed by atoms with van der Waals surface area (Å²) >= 11 is 1.39. The van der Waals surface area contributed by atoms with Crippen molar-refractivity contribution in [3.05, 3.63) is 55.5 Å². The largest absolute Gasteiger partial charge is 0.494 e. The fourth-order valence-corrected chi connectivity index (χ4v) is 5.52. The summed E-state index contributed by atoms with van der Waals surface area (Å²) in [4.78, 5) is 43.6. The van der Waals surface area contributed by atoms with Gasteiger partial charge in [-0.25, -0.2) is 9.36 Å². The Labute approximate surface area is 190 Å². The molecule has 0 radical (unpaired) electrons. The summed E-state index contributed by atoms with van der Waals surface area (Å²) in [6.45, 7) is 8.94. The number of ether oxygens (including phenoxy) is 1. The van der Waals surface area contributed by atoms with Gasteiger partial charge in [-0.2, -0.15) is 0 Å². The third-order valence-electron chi connectivity index (χ3n) is 6.27. The van der Waals surface area contributed by atoms with Gasteiger partial charge in [0.2, 0.25) is 5.91 Å². The van der Waals surface area contributed by atoms with Gasteiger partial charge in [0, 0.05) is 17.5 Å². The Morgan fingerprint density at radius 1 is 1.16 bits per heavy atom. The maximum Gasteiger partial charge on any atom is 0.337 e. The Kier molecular flexibility index (Phi) is 6.24. The molecule has 3 heterocycles. The Morgan fingerprint density at radius 2 is 1.88 bits per heavy atom. The minimum Gasteiger partial charge on any atom is -0.494 e. The normalized spacial score (nSPS) is 16.5. The molecular formula is C24H29N3O4S. The summed E-state index contributed by atoms with van der Waals surface area (Å²) in [6.07, 6.45) is 3.06. The zero-order chi connectivity index (χ0) is 23.0. The third-order valence-corrected chi connectivity index (χ3v) is 7.50. The highest BCUT2D eigenvalue weighted by Gasteiger charge is 2.26. The van der Waals surface area contributed by atoms with Gasteiger partial charge >= 0.3 is 5.69 Å². The van der Waals surface area contributed by atoms with Crippen molar-refractivity contribution in [2.45, 2.75) is 59.5 Å². The number of aryl methyl sites for hydroxylation is 2. The van der Waals surface area contributed by atoms with Crippen LogP contribution in [0.2, 0.25) is 0 Å². The van der Waals surface area contributed by atoms with Crippen LogP contribution in [0, 0.1) is 13.8 Å². The van der Waals surface area contributed by atoms with E-state index in [1.165, 1.54) is 20.5 Å². The van der Waals surface area contributed by atoms with Crippen molar-refractivity contribution in [3.8, 4) is 11.4 Å². The number of fused-ring (bicyclic) bond motifs is 1. The molecule has 0 unspecified atom stereocenters. The van der Waals surface area contributed by atoms with Gasteiger partial charge in [0.1, 0.15) is 17.1 Å². The number of piperidine rings is 1. The lowest BCUT2D eigenvalue weighted by Gasteiger charge is -2.33. The number of hydrogen-bond donors (Lipinski definition) is 0. The van der Waals surface area contributed by atoms with Crippen molar-refractivity contribution in [3.63, 3.8) is 0 Å². The molecule has 1 atom stereocenters. The van der Waals surface area contributed by atoms with E-state index in [0.29, 0.717) is 34.8 Å². The molecule has 1 aromatic carbocycles. The molecule has 0 N–H and O–H groups in total. The topological polar surface area (TPSA) is 73.5 Å². The molecule has 0 spiro atoms. The van der Waals surface area contributed by atoms with E-state index in [-0.39, 0.29) is 24.1 Å². The summed E-state index contributed by atoms with van der Waals surface area (Å²) in [7, 11) is 0. The van der Waals surface area contributed by atoms with Gasteiger partial charge in [0.05, 0.1) is 17.7 Å². The molecule has 1 aliphatic heterocycles. The number of thiophene rings is 1. The van der Waals surface area contributed by atoms with Gasteiger partial charge in [-0.05, 0) is 76.8 Å². The predicted molar refractivity (Wildman–Crippen MR) is 127 cm³/mol. The Balaban J connectivity index is 1.87. The molecular weight excluding hydrogens is 426 g/mol. The molecule has 0 saturated carbocycles. The minimum atomic E-state index is -0.495. The summed E-state index contributed by atoms with van der Waals surface area (Å²) in [5, 5.41) is 0.500. The zero-order valence-electron chi connectivity index (χ0n) is 19.0. The van der Waals surface area contributed by atoms with Gasteiger partial charge in [0.25, 0.3) is 5.56 Å². The number of likely N-dealkylation sites (tertiary alicyclic amines) is 1. The van der Waals surface area contributed by atoms with E-state index in [1.54, 1.807) is 24.3 Å². The first-order valence-electron chi connectivity index (χ1n) is 11.1. The van der Waals surface area contributed by atoms with Crippen molar-refractivity contribution >= 4 is 27.5 Å². The van der Waals surface area contributed by atoms with Gasteiger partial charge in [-0.15, -0.1) is 11.3 Å².